The minimum atomic E-state index is -0.228. The lowest BCUT2D eigenvalue weighted by Gasteiger charge is -2.14. The molecule has 3 aromatic rings. The van der Waals surface area contributed by atoms with Gasteiger partial charge in [-0.1, -0.05) is 36.9 Å². The fourth-order valence-corrected chi connectivity index (χ4v) is 4.52. The Morgan fingerprint density at radius 1 is 1.08 bits per heavy atom. The molecule has 1 aromatic heterocycles. The molecule has 0 aliphatic rings. The Hall–Kier alpha value is -3.53. The molecule has 1 unspecified atom stereocenters. The molecular weight excluding hydrogens is 492 g/mol. The highest BCUT2D eigenvalue weighted by molar-refractivity contribution is 7.99. The highest BCUT2D eigenvalue weighted by Gasteiger charge is 2.15. The maximum Gasteiger partial charge on any atom is 0.262 e. The van der Waals surface area contributed by atoms with Gasteiger partial charge in [0.2, 0.25) is 11.8 Å². The number of ether oxygens (including phenoxy) is 2. The van der Waals surface area contributed by atoms with Crippen LogP contribution in [0.25, 0.3) is 10.9 Å². The van der Waals surface area contributed by atoms with E-state index in [0.29, 0.717) is 40.5 Å². The highest BCUT2D eigenvalue weighted by Crippen LogP contribution is 2.27. The molecule has 0 fully saturated rings. The van der Waals surface area contributed by atoms with Crippen molar-refractivity contribution in [2.75, 3.05) is 26.5 Å². The van der Waals surface area contributed by atoms with Crippen molar-refractivity contribution in [3.63, 3.8) is 0 Å². The van der Waals surface area contributed by atoms with Gasteiger partial charge >= 0.3 is 0 Å². The third kappa shape index (κ3) is 7.72. The second kappa shape index (κ2) is 13.7. The van der Waals surface area contributed by atoms with Gasteiger partial charge in [0.05, 0.1) is 30.9 Å². The first-order chi connectivity index (χ1) is 17.9. The molecule has 0 aliphatic carbocycles. The summed E-state index contributed by atoms with van der Waals surface area (Å²) >= 11 is 1.20. The number of nitrogens with zero attached hydrogens (tertiary/aromatic N) is 2. The topological polar surface area (TPSA) is 112 Å². The Kier molecular flexibility index (Phi) is 10.4. The van der Waals surface area contributed by atoms with Crippen molar-refractivity contribution < 1.29 is 19.1 Å². The summed E-state index contributed by atoms with van der Waals surface area (Å²) in [5.74, 6) is 1.12. The van der Waals surface area contributed by atoms with Gasteiger partial charge in [-0.3, -0.25) is 19.0 Å². The molecule has 0 saturated heterocycles. The van der Waals surface area contributed by atoms with E-state index in [4.69, 9.17) is 9.47 Å². The molecule has 1 atom stereocenters. The van der Waals surface area contributed by atoms with E-state index in [1.54, 1.807) is 32.4 Å². The summed E-state index contributed by atoms with van der Waals surface area (Å²) in [6.07, 6.45) is 1.56. The van der Waals surface area contributed by atoms with Gasteiger partial charge in [-0.05, 0) is 49.6 Å². The van der Waals surface area contributed by atoms with Crippen LogP contribution in [0.5, 0.6) is 11.5 Å². The van der Waals surface area contributed by atoms with Crippen LogP contribution in [0.15, 0.2) is 52.4 Å². The number of amides is 2. The van der Waals surface area contributed by atoms with Crippen molar-refractivity contribution in [3.05, 3.63) is 58.4 Å². The average Bonchev–Trinajstić information content (AvgIpc) is 2.91. The SMILES string of the molecule is CCC(C)NC(=O)CSc1nc2ccccc2c(=O)n1CCC(=O)NCCc1ccc(OC)c(OC)c1. The lowest BCUT2D eigenvalue weighted by atomic mass is 10.1. The molecule has 10 heteroatoms. The van der Waals surface area contributed by atoms with Gasteiger partial charge in [0.15, 0.2) is 16.7 Å². The van der Waals surface area contributed by atoms with Crippen LogP contribution >= 0.6 is 11.8 Å². The molecule has 0 radical (unpaired) electrons. The van der Waals surface area contributed by atoms with Crippen LogP contribution in [-0.2, 0) is 22.6 Å². The molecule has 3 rings (SSSR count). The Morgan fingerprint density at radius 3 is 2.57 bits per heavy atom. The van der Waals surface area contributed by atoms with Gasteiger partial charge in [-0.15, -0.1) is 0 Å². The number of fused-ring (bicyclic) bond motifs is 1. The Labute approximate surface area is 220 Å². The molecule has 1 heterocycles. The minimum absolute atomic E-state index is 0.0718. The minimum Gasteiger partial charge on any atom is -0.493 e. The van der Waals surface area contributed by atoms with Gasteiger partial charge < -0.3 is 20.1 Å². The van der Waals surface area contributed by atoms with Crippen LogP contribution in [-0.4, -0.2) is 53.9 Å². The van der Waals surface area contributed by atoms with Crippen LogP contribution in [0.2, 0.25) is 0 Å². The Balaban J connectivity index is 1.64. The van der Waals surface area contributed by atoms with Gasteiger partial charge in [-0.25, -0.2) is 4.98 Å². The number of thioether (sulfide) groups is 1. The maximum absolute atomic E-state index is 13.2. The lowest BCUT2D eigenvalue weighted by molar-refractivity contribution is -0.121. The molecule has 0 aliphatic heterocycles. The summed E-state index contributed by atoms with van der Waals surface area (Å²) < 4.78 is 12.1. The number of rotatable bonds is 13. The average molecular weight is 527 g/mol. The summed E-state index contributed by atoms with van der Waals surface area (Å²) in [4.78, 5) is 42.7. The number of carbonyl (C=O) groups excluding carboxylic acids is 2. The maximum atomic E-state index is 13.2. The monoisotopic (exact) mass is 526 g/mol. The fraction of sp³-hybridized carbons (Fsp3) is 0.407. The van der Waals surface area contributed by atoms with Crippen molar-refractivity contribution in [3.8, 4) is 11.5 Å². The van der Waals surface area contributed by atoms with E-state index in [1.807, 2.05) is 38.1 Å². The van der Waals surface area contributed by atoms with E-state index in [2.05, 4.69) is 15.6 Å². The number of hydrogen-bond acceptors (Lipinski definition) is 7. The third-order valence-electron chi connectivity index (χ3n) is 5.92. The first kappa shape index (κ1) is 28.0. The van der Waals surface area contributed by atoms with Crippen molar-refractivity contribution in [1.82, 2.24) is 20.2 Å². The predicted octanol–water partition coefficient (Wildman–Crippen LogP) is 3.17. The van der Waals surface area contributed by atoms with Crippen molar-refractivity contribution in [2.24, 2.45) is 0 Å². The molecule has 0 bridgehead atoms. The number of carbonyl (C=O) groups is 2. The lowest BCUT2D eigenvalue weighted by Crippen LogP contribution is -2.33. The highest BCUT2D eigenvalue weighted by atomic mass is 32.2. The van der Waals surface area contributed by atoms with E-state index in [-0.39, 0.29) is 42.1 Å². The van der Waals surface area contributed by atoms with Gasteiger partial charge in [0.1, 0.15) is 0 Å². The number of hydrogen-bond donors (Lipinski definition) is 2. The van der Waals surface area contributed by atoms with Crippen molar-refractivity contribution in [1.29, 1.82) is 0 Å². The quantitative estimate of drug-likeness (QED) is 0.260. The zero-order chi connectivity index (χ0) is 26.8. The zero-order valence-electron chi connectivity index (χ0n) is 21.7. The van der Waals surface area contributed by atoms with E-state index in [0.717, 1.165) is 12.0 Å². The van der Waals surface area contributed by atoms with Crippen molar-refractivity contribution in [2.45, 2.75) is 50.9 Å². The molecule has 0 spiro atoms. The van der Waals surface area contributed by atoms with E-state index in [9.17, 15) is 14.4 Å². The summed E-state index contributed by atoms with van der Waals surface area (Å²) in [6.45, 7) is 4.54. The Bertz CT molecular complexity index is 1290. The molecule has 2 aromatic carbocycles. The number of nitrogens with one attached hydrogen (secondary N) is 2. The van der Waals surface area contributed by atoms with Crippen LogP contribution in [0, 0.1) is 0 Å². The molecule has 9 nitrogen and oxygen atoms in total. The molecular formula is C27H34N4O5S. The fourth-order valence-electron chi connectivity index (χ4n) is 3.69. The van der Waals surface area contributed by atoms with Crippen LogP contribution < -0.4 is 25.7 Å². The number of aromatic nitrogens is 2. The number of methoxy groups -OCH3 is 2. The van der Waals surface area contributed by atoms with Crippen LogP contribution in [0.4, 0.5) is 0 Å². The summed E-state index contributed by atoms with van der Waals surface area (Å²) in [5, 5.41) is 6.72. The standard InChI is InChI=1S/C27H34N4O5S/c1-5-18(2)29-25(33)17-37-27-30-21-9-7-6-8-20(21)26(34)31(27)15-13-24(32)28-14-12-19-10-11-22(35-3)23(16-19)36-4/h6-11,16,18H,5,12-15,17H2,1-4H3,(H,28,32)(H,29,33). The largest absolute Gasteiger partial charge is 0.493 e. The number of benzene rings is 2. The molecule has 2 amide bonds. The Morgan fingerprint density at radius 2 is 1.84 bits per heavy atom. The molecule has 0 saturated carbocycles. The van der Waals surface area contributed by atoms with Gasteiger partial charge in [0.25, 0.3) is 5.56 Å². The second-order valence-electron chi connectivity index (χ2n) is 8.57. The predicted molar refractivity (Wildman–Crippen MR) is 145 cm³/mol. The molecule has 2 N–H and O–H groups in total. The van der Waals surface area contributed by atoms with Crippen LogP contribution in [0.3, 0.4) is 0 Å². The van der Waals surface area contributed by atoms with Gasteiger partial charge in [-0.2, -0.15) is 0 Å². The smallest absolute Gasteiger partial charge is 0.262 e. The molecule has 37 heavy (non-hydrogen) atoms. The second-order valence-corrected chi connectivity index (χ2v) is 9.52. The van der Waals surface area contributed by atoms with E-state index < -0.39 is 0 Å². The van der Waals surface area contributed by atoms with E-state index >= 15 is 0 Å². The first-order valence-corrected chi connectivity index (χ1v) is 13.2. The van der Waals surface area contributed by atoms with Crippen molar-refractivity contribution >= 4 is 34.5 Å². The molecule has 198 valence electrons. The summed E-state index contributed by atoms with van der Waals surface area (Å²) in [7, 11) is 3.16. The van der Waals surface area contributed by atoms with Crippen LogP contribution in [0.1, 0.15) is 32.3 Å². The summed E-state index contributed by atoms with van der Waals surface area (Å²) in [6, 6.07) is 12.8. The zero-order valence-corrected chi connectivity index (χ0v) is 22.5. The first-order valence-electron chi connectivity index (χ1n) is 12.3. The van der Waals surface area contributed by atoms with E-state index in [1.165, 1.54) is 16.3 Å². The third-order valence-corrected chi connectivity index (χ3v) is 6.90. The number of para-hydroxylation sites is 1. The normalized spacial score (nSPS) is 11.7. The van der Waals surface area contributed by atoms with Gasteiger partial charge in [0, 0.05) is 25.6 Å². The summed E-state index contributed by atoms with van der Waals surface area (Å²) in [5.41, 5.74) is 1.34.